The Labute approximate surface area is 145 Å². The molecule has 0 amide bonds. The molecule has 0 saturated carbocycles. The van der Waals surface area contributed by atoms with E-state index in [1.54, 1.807) is 0 Å². The van der Waals surface area contributed by atoms with Crippen molar-refractivity contribution in [3.05, 3.63) is 30.1 Å². The normalized spacial score (nSPS) is 15.9. The van der Waals surface area contributed by atoms with Gasteiger partial charge in [-0.2, -0.15) is 0 Å². The number of nitrogens with one attached hydrogen (secondary N) is 1. The van der Waals surface area contributed by atoms with E-state index in [1.165, 1.54) is 18.2 Å². The zero-order valence-corrected chi connectivity index (χ0v) is 15.7. The van der Waals surface area contributed by atoms with Gasteiger partial charge in [0, 0.05) is 0 Å². The summed E-state index contributed by atoms with van der Waals surface area (Å²) in [4.78, 5) is -0.378. The van der Waals surface area contributed by atoms with Gasteiger partial charge < -0.3 is 5.11 Å². The van der Waals surface area contributed by atoms with Crippen molar-refractivity contribution in [3.63, 3.8) is 0 Å². The first-order chi connectivity index (χ1) is 11.3. The van der Waals surface area contributed by atoms with Crippen molar-refractivity contribution in [2.75, 3.05) is 0 Å². The highest BCUT2D eigenvalue weighted by molar-refractivity contribution is 7.89. The van der Waals surface area contributed by atoms with E-state index in [0.29, 0.717) is 6.42 Å². The molecule has 1 unspecified atom stereocenters. The summed E-state index contributed by atoms with van der Waals surface area (Å²) < 4.78 is 41.4. The van der Waals surface area contributed by atoms with Crippen LogP contribution in [0.2, 0.25) is 0 Å². The van der Waals surface area contributed by atoms with Gasteiger partial charge in [-0.25, -0.2) is 17.5 Å². The van der Waals surface area contributed by atoms with Gasteiger partial charge in [0.1, 0.15) is 10.7 Å². The Morgan fingerprint density at radius 3 is 2.42 bits per heavy atom. The van der Waals surface area contributed by atoms with Gasteiger partial charge in [0.15, 0.2) is 0 Å². The van der Waals surface area contributed by atoms with Crippen LogP contribution in [0.3, 0.4) is 0 Å². The number of aliphatic hydroxyl groups is 1. The summed E-state index contributed by atoms with van der Waals surface area (Å²) in [6.45, 7) is 5.95. The number of rotatable bonds is 11. The molecular formula is C18H30FNO3S. The summed E-state index contributed by atoms with van der Waals surface area (Å²) in [7, 11) is -4.01. The second-order valence-electron chi connectivity index (χ2n) is 6.38. The van der Waals surface area contributed by atoms with Gasteiger partial charge in [0.05, 0.1) is 12.1 Å². The molecule has 0 heterocycles. The summed E-state index contributed by atoms with van der Waals surface area (Å²) in [5.74, 6) is -0.835. The number of hydrogen-bond acceptors (Lipinski definition) is 3. The maximum absolute atomic E-state index is 13.8. The zero-order chi connectivity index (χ0) is 18.2. The Kier molecular flexibility index (Phi) is 8.87. The van der Waals surface area contributed by atoms with Crippen LogP contribution in [0.5, 0.6) is 0 Å². The van der Waals surface area contributed by atoms with Crippen molar-refractivity contribution in [1.82, 2.24) is 4.72 Å². The predicted octanol–water partition coefficient (Wildman–Crippen LogP) is 3.85. The lowest BCUT2D eigenvalue weighted by molar-refractivity contribution is 0.100. The molecule has 0 aliphatic carbocycles. The fourth-order valence-corrected chi connectivity index (χ4v) is 4.15. The Morgan fingerprint density at radius 1 is 1.17 bits per heavy atom. The molecule has 0 radical (unpaired) electrons. The van der Waals surface area contributed by atoms with E-state index in [0.717, 1.165) is 38.2 Å². The van der Waals surface area contributed by atoms with Crippen LogP contribution in [0.25, 0.3) is 0 Å². The molecule has 0 saturated heterocycles. The number of aliphatic hydroxyl groups excluding tert-OH is 1. The molecule has 0 fully saturated rings. The standard InChI is InChI=1S/C18H30FNO3S/c1-4-6-7-8-12-16(21)18(14(3)5-2)20-24(22,23)17-13-10-9-11-15(17)19/h9-11,13-14,16,18,20-21H,4-8,12H2,1-3H3/t14-,16?,18-/m0/s1. The van der Waals surface area contributed by atoms with Crippen LogP contribution in [0, 0.1) is 11.7 Å². The van der Waals surface area contributed by atoms with E-state index in [-0.39, 0.29) is 10.8 Å². The van der Waals surface area contributed by atoms with Gasteiger partial charge in [-0.05, 0) is 24.5 Å². The van der Waals surface area contributed by atoms with Crippen LogP contribution < -0.4 is 4.72 Å². The fourth-order valence-electron chi connectivity index (χ4n) is 2.69. The molecule has 3 atom stereocenters. The lowest BCUT2D eigenvalue weighted by Gasteiger charge is -2.29. The van der Waals surface area contributed by atoms with Gasteiger partial charge in [-0.1, -0.05) is 65.0 Å². The minimum absolute atomic E-state index is 0.0484. The minimum atomic E-state index is -4.01. The van der Waals surface area contributed by atoms with E-state index in [2.05, 4.69) is 11.6 Å². The summed E-state index contributed by atoms with van der Waals surface area (Å²) in [5, 5.41) is 10.5. The van der Waals surface area contributed by atoms with E-state index in [9.17, 15) is 17.9 Å². The molecule has 1 aromatic carbocycles. The van der Waals surface area contributed by atoms with Gasteiger partial charge in [0.2, 0.25) is 10.0 Å². The first-order valence-corrected chi connectivity index (χ1v) is 10.3. The first-order valence-electron chi connectivity index (χ1n) is 8.78. The minimum Gasteiger partial charge on any atom is -0.391 e. The largest absolute Gasteiger partial charge is 0.391 e. The Balaban J connectivity index is 2.87. The molecule has 0 bridgehead atoms. The molecule has 138 valence electrons. The van der Waals surface area contributed by atoms with Crippen molar-refractivity contribution < 1.29 is 17.9 Å². The van der Waals surface area contributed by atoms with Crippen LogP contribution in [0.15, 0.2) is 29.2 Å². The molecule has 0 aliphatic heterocycles. The Hall–Kier alpha value is -0.980. The molecule has 0 aliphatic rings. The van der Waals surface area contributed by atoms with Gasteiger partial charge in [-0.3, -0.25) is 0 Å². The van der Waals surface area contributed by atoms with Crippen molar-refractivity contribution in [1.29, 1.82) is 0 Å². The van der Waals surface area contributed by atoms with Crippen molar-refractivity contribution in [3.8, 4) is 0 Å². The highest BCUT2D eigenvalue weighted by Gasteiger charge is 2.30. The molecule has 2 N–H and O–H groups in total. The quantitative estimate of drug-likeness (QED) is 0.590. The van der Waals surface area contributed by atoms with Crippen molar-refractivity contribution in [2.24, 2.45) is 5.92 Å². The molecule has 1 aromatic rings. The van der Waals surface area contributed by atoms with E-state index in [4.69, 9.17) is 0 Å². The average molecular weight is 360 g/mol. The van der Waals surface area contributed by atoms with Crippen LogP contribution in [0.4, 0.5) is 4.39 Å². The zero-order valence-electron chi connectivity index (χ0n) is 14.8. The monoisotopic (exact) mass is 359 g/mol. The van der Waals surface area contributed by atoms with E-state index >= 15 is 0 Å². The van der Waals surface area contributed by atoms with E-state index < -0.39 is 28.0 Å². The summed E-state index contributed by atoms with van der Waals surface area (Å²) in [5.41, 5.74) is 0. The molecule has 24 heavy (non-hydrogen) atoms. The van der Waals surface area contributed by atoms with E-state index in [1.807, 2.05) is 13.8 Å². The summed E-state index contributed by atoms with van der Waals surface area (Å²) >= 11 is 0. The molecule has 4 nitrogen and oxygen atoms in total. The number of hydrogen-bond donors (Lipinski definition) is 2. The molecular weight excluding hydrogens is 329 g/mol. The van der Waals surface area contributed by atoms with Crippen LogP contribution in [-0.2, 0) is 10.0 Å². The lowest BCUT2D eigenvalue weighted by Crippen LogP contribution is -2.47. The number of sulfonamides is 1. The number of halogens is 1. The fraction of sp³-hybridized carbons (Fsp3) is 0.667. The average Bonchev–Trinajstić information content (AvgIpc) is 2.56. The second kappa shape index (κ2) is 10.1. The van der Waals surface area contributed by atoms with Gasteiger partial charge in [0.25, 0.3) is 0 Å². The molecule has 6 heteroatoms. The topological polar surface area (TPSA) is 66.4 Å². The lowest BCUT2D eigenvalue weighted by atomic mass is 9.92. The van der Waals surface area contributed by atoms with Crippen LogP contribution in [0.1, 0.15) is 59.3 Å². The molecule has 0 aromatic heterocycles. The highest BCUT2D eigenvalue weighted by atomic mass is 32.2. The third-order valence-electron chi connectivity index (χ3n) is 4.44. The van der Waals surface area contributed by atoms with Crippen molar-refractivity contribution >= 4 is 10.0 Å². The molecule has 0 spiro atoms. The van der Waals surface area contributed by atoms with Crippen molar-refractivity contribution in [2.45, 2.75) is 76.3 Å². The Morgan fingerprint density at radius 2 is 1.83 bits per heavy atom. The van der Waals surface area contributed by atoms with Gasteiger partial charge >= 0.3 is 0 Å². The SMILES string of the molecule is CCCCCCC(O)[C@@H](NS(=O)(=O)c1ccccc1F)[C@@H](C)CC. The highest BCUT2D eigenvalue weighted by Crippen LogP contribution is 2.20. The third kappa shape index (κ3) is 6.15. The van der Waals surface area contributed by atoms with Gasteiger partial charge in [-0.15, -0.1) is 0 Å². The smallest absolute Gasteiger partial charge is 0.243 e. The maximum Gasteiger partial charge on any atom is 0.243 e. The van der Waals surface area contributed by atoms with Crippen LogP contribution >= 0.6 is 0 Å². The Bertz CT molecular complexity index is 592. The second-order valence-corrected chi connectivity index (χ2v) is 8.06. The number of benzene rings is 1. The maximum atomic E-state index is 13.8. The molecule has 1 rings (SSSR count). The summed E-state index contributed by atoms with van der Waals surface area (Å²) in [6, 6.07) is 4.66. The third-order valence-corrected chi connectivity index (χ3v) is 5.93. The predicted molar refractivity (Wildman–Crippen MR) is 94.7 cm³/mol. The van der Waals surface area contributed by atoms with Crippen LogP contribution in [-0.4, -0.2) is 25.7 Å². The first kappa shape index (κ1) is 21.1. The summed E-state index contributed by atoms with van der Waals surface area (Å²) in [6.07, 6.45) is 4.54. The number of unbranched alkanes of at least 4 members (excludes halogenated alkanes) is 3.